The number of carboxylic acid groups (broad SMARTS) is 1. The van der Waals surface area contributed by atoms with Crippen molar-refractivity contribution in [1.29, 1.82) is 0 Å². The van der Waals surface area contributed by atoms with Crippen LogP contribution in [0.25, 0.3) is 0 Å². The van der Waals surface area contributed by atoms with Gasteiger partial charge in [-0.1, -0.05) is 32.0 Å². The Morgan fingerprint density at radius 1 is 1.35 bits per heavy atom. The van der Waals surface area contributed by atoms with Crippen molar-refractivity contribution in [2.75, 3.05) is 37.6 Å². The topological polar surface area (TPSA) is 43.8 Å². The van der Waals surface area contributed by atoms with Crippen LogP contribution in [0.15, 0.2) is 24.3 Å². The van der Waals surface area contributed by atoms with Crippen molar-refractivity contribution in [3.8, 4) is 0 Å². The zero-order chi connectivity index (χ0) is 14.5. The van der Waals surface area contributed by atoms with Crippen molar-refractivity contribution in [1.82, 2.24) is 4.90 Å². The van der Waals surface area contributed by atoms with E-state index in [0.29, 0.717) is 0 Å². The van der Waals surface area contributed by atoms with Crippen molar-refractivity contribution in [3.05, 3.63) is 29.8 Å². The van der Waals surface area contributed by atoms with E-state index in [4.69, 9.17) is 5.11 Å². The molecule has 0 aromatic heterocycles. The molecule has 1 aliphatic heterocycles. The normalized spacial score (nSPS) is 17.6. The van der Waals surface area contributed by atoms with E-state index in [1.165, 1.54) is 11.3 Å². The van der Waals surface area contributed by atoms with Crippen LogP contribution in [0, 0.1) is 0 Å². The lowest BCUT2D eigenvalue weighted by molar-refractivity contribution is -0.137. The molecular weight excluding hydrogens is 252 g/mol. The number of rotatable bonds is 7. The van der Waals surface area contributed by atoms with Gasteiger partial charge in [0.05, 0.1) is 6.42 Å². The minimum atomic E-state index is -0.713. The predicted molar refractivity (Wildman–Crippen MR) is 81.4 cm³/mol. The number of fused-ring (bicyclic) bond motifs is 1. The highest BCUT2D eigenvalue weighted by Gasteiger charge is 2.29. The number of hydrogen-bond donors (Lipinski definition) is 1. The standard InChI is InChI=1S/C16H24N2O2/c1-3-17(4-2)9-10-18-12-13(11-16(19)20)14-7-5-6-8-15(14)18/h5-8,13H,3-4,9-12H2,1-2H3,(H,19,20). The molecule has 0 fully saturated rings. The van der Waals surface area contributed by atoms with E-state index >= 15 is 0 Å². The molecule has 0 saturated carbocycles. The van der Waals surface area contributed by atoms with Gasteiger partial charge in [-0.25, -0.2) is 0 Å². The molecule has 0 saturated heterocycles. The first kappa shape index (κ1) is 14.9. The zero-order valence-corrected chi connectivity index (χ0v) is 12.4. The first-order valence-corrected chi connectivity index (χ1v) is 7.43. The Kier molecular flexibility index (Phi) is 5.01. The van der Waals surface area contributed by atoms with Gasteiger partial charge < -0.3 is 14.9 Å². The van der Waals surface area contributed by atoms with E-state index in [9.17, 15) is 4.79 Å². The molecule has 4 nitrogen and oxygen atoms in total. The molecule has 1 unspecified atom stereocenters. The van der Waals surface area contributed by atoms with E-state index < -0.39 is 5.97 Å². The summed E-state index contributed by atoms with van der Waals surface area (Å²) in [6.45, 7) is 9.29. The first-order valence-electron chi connectivity index (χ1n) is 7.43. The number of nitrogens with zero attached hydrogens (tertiary/aromatic N) is 2. The van der Waals surface area contributed by atoms with E-state index in [0.717, 1.165) is 32.7 Å². The molecule has 0 aliphatic carbocycles. The van der Waals surface area contributed by atoms with Crippen molar-refractivity contribution in [3.63, 3.8) is 0 Å². The summed E-state index contributed by atoms with van der Waals surface area (Å²) in [5.74, 6) is -0.587. The average Bonchev–Trinajstić information content (AvgIpc) is 2.78. The fraction of sp³-hybridized carbons (Fsp3) is 0.562. The fourth-order valence-electron chi connectivity index (χ4n) is 2.98. The number of anilines is 1. The highest BCUT2D eigenvalue weighted by molar-refractivity contribution is 5.71. The predicted octanol–water partition coefficient (Wildman–Crippen LogP) is 2.41. The van der Waals surface area contributed by atoms with Gasteiger partial charge in [-0.3, -0.25) is 4.79 Å². The summed E-state index contributed by atoms with van der Waals surface area (Å²) < 4.78 is 0. The molecule has 1 N–H and O–H groups in total. The second kappa shape index (κ2) is 6.75. The Balaban J connectivity index is 2.06. The van der Waals surface area contributed by atoms with Crippen LogP contribution in [0.3, 0.4) is 0 Å². The van der Waals surface area contributed by atoms with Crippen LogP contribution in [0.4, 0.5) is 5.69 Å². The van der Waals surface area contributed by atoms with E-state index in [2.05, 4.69) is 35.8 Å². The van der Waals surface area contributed by atoms with Gasteiger partial charge in [-0.2, -0.15) is 0 Å². The number of aliphatic carboxylic acids is 1. The summed E-state index contributed by atoms with van der Waals surface area (Å²) in [7, 11) is 0. The maximum absolute atomic E-state index is 11.0. The zero-order valence-electron chi connectivity index (χ0n) is 12.4. The molecule has 0 bridgehead atoms. The lowest BCUT2D eigenvalue weighted by atomic mass is 9.98. The van der Waals surface area contributed by atoms with Crippen LogP contribution in [-0.2, 0) is 4.79 Å². The third-order valence-electron chi connectivity index (χ3n) is 4.16. The van der Waals surface area contributed by atoms with Crippen LogP contribution in [-0.4, -0.2) is 48.7 Å². The van der Waals surface area contributed by atoms with Crippen LogP contribution < -0.4 is 4.90 Å². The Morgan fingerprint density at radius 2 is 2.05 bits per heavy atom. The summed E-state index contributed by atoms with van der Waals surface area (Å²) in [5, 5.41) is 9.05. The SMILES string of the molecule is CCN(CC)CCN1CC(CC(=O)O)c2ccccc21. The van der Waals surface area contributed by atoms with Crippen molar-refractivity contribution >= 4 is 11.7 Å². The van der Waals surface area contributed by atoms with E-state index in [1.54, 1.807) is 0 Å². The quantitative estimate of drug-likeness (QED) is 0.830. The van der Waals surface area contributed by atoms with E-state index in [-0.39, 0.29) is 12.3 Å². The largest absolute Gasteiger partial charge is 0.481 e. The molecule has 0 amide bonds. The van der Waals surface area contributed by atoms with Crippen LogP contribution >= 0.6 is 0 Å². The second-order valence-corrected chi connectivity index (χ2v) is 5.33. The molecule has 2 rings (SSSR count). The van der Waals surface area contributed by atoms with Crippen LogP contribution in [0.2, 0.25) is 0 Å². The maximum Gasteiger partial charge on any atom is 0.304 e. The number of hydrogen-bond acceptors (Lipinski definition) is 3. The molecule has 1 aliphatic rings. The minimum Gasteiger partial charge on any atom is -0.481 e. The molecule has 1 atom stereocenters. The summed E-state index contributed by atoms with van der Waals surface area (Å²) in [5.41, 5.74) is 2.40. The number of benzene rings is 1. The summed E-state index contributed by atoms with van der Waals surface area (Å²) in [6.07, 6.45) is 0.221. The molecule has 4 heteroatoms. The highest BCUT2D eigenvalue weighted by atomic mass is 16.4. The third-order valence-corrected chi connectivity index (χ3v) is 4.16. The molecule has 110 valence electrons. The van der Waals surface area contributed by atoms with Gasteiger partial charge in [-0.15, -0.1) is 0 Å². The van der Waals surface area contributed by atoms with Gasteiger partial charge in [0.2, 0.25) is 0 Å². The Morgan fingerprint density at radius 3 is 2.70 bits per heavy atom. The Hall–Kier alpha value is -1.55. The van der Waals surface area contributed by atoms with Crippen molar-refractivity contribution in [2.24, 2.45) is 0 Å². The first-order chi connectivity index (χ1) is 9.65. The molecule has 1 heterocycles. The summed E-state index contributed by atoms with van der Waals surface area (Å²) >= 11 is 0. The van der Waals surface area contributed by atoms with Gasteiger partial charge in [-0.05, 0) is 24.7 Å². The second-order valence-electron chi connectivity index (χ2n) is 5.33. The Labute approximate surface area is 121 Å². The van der Waals surface area contributed by atoms with Crippen LogP contribution in [0.5, 0.6) is 0 Å². The molecular formula is C16H24N2O2. The number of likely N-dealkylation sites (N-methyl/N-ethyl adjacent to an activating group) is 1. The van der Waals surface area contributed by atoms with E-state index in [1.807, 2.05) is 12.1 Å². The minimum absolute atomic E-state index is 0.125. The van der Waals surface area contributed by atoms with Crippen LogP contribution in [0.1, 0.15) is 31.7 Å². The fourth-order valence-corrected chi connectivity index (χ4v) is 2.98. The molecule has 0 spiro atoms. The molecule has 20 heavy (non-hydrogen) atoms. The maximum atomic E-state index is 11.0. The van der Waals surface area contributed by atoms with Gasteiger partial charge >= 0.3 is 5.97 Å². The van der Waals surface area contributed by atoms with Gasteiger partial charge in [0, 0.05) is 31.2 Å². The highest BCUT2D eigenvalue weighted by Crippen LogP contribution is 2.37. The number of para-hydroxylation sites is 1. The van der Waals surface area contributed by atoms with Crippen molar-refractivity contribution < 1.29 is 9.90 Å². The third kappa shape index (κ3) is 3.31. The van der Waals surface area contributed by atoms with Crippen molar-refractivity contribution in [2.45, 2.75) is 26.2 Å². The summed E-state index contributed by atoms with van der Waals surface area (Å²) in [4.78, 5) is 15.7. The van der Waals surface area contributed by atoms with Gasteiger partial charge in [0.15, 0.2) is 0 Å². The smallest absolute Gasteiger partial charge is 0.304 e. The van der Waals surface area contributed by atoms with Gasteiger partial charge in [0.1, 0.15) is 0 Å². The molecule has 0 radical (unpaired) electrons. The lowest BCUT2D eigenvalue weighted by Crippen LogP contribution is -2.34. The Bertz CT molecular complexity index is 458. The molecule has 1 aromatic carbocycles. The monoisotopic (exact) mass is 276 g/mol. The summed E-state index contributed by atoms with van der Waals surface area (Å²) in [6, 6.07) is 8.22. The average molecular weight is 276 g/mol. The lowest BCUT2D eigenvalue weighted by Gasteiger charge is -2.25. The van der Waals surface area contributed by atoms with Gasteiger partial charge in [0.25, 0.3) is 0 Å². The number of carbonyl (C=O) groups is 1. The number of carboxylic acids is 1. The molecule has 1 aromatic rings.